The zero-order valence-electron chi connectivity index (χ0n) is 52.2. The van der Waals surface area contributed by atoms with Gasteiger partial charge < -0.3 is 9.90 Å². The average Bonchev–Trinajstić information content (AvgIpc) is 3.62. The van der Waals surface area contributed by atoms with Gasteiger partial charge in [-0.3, -0.25) is 0 Å². The smallest absolute Gasteiger partial charge is 1.00 e. The molecule has 0 unspecified atom stereocenters. The summed E-state index contributed by atoms with van der Waals surface area (Å²) in [6.45, 7) is 15.9. The molecule has 0 bridgehead atoms. The summed E-state index contributed by atoms with van der Waals surface area (Å²) in [5, 5.41) is 11.6. The molecule has 0 aliphatic heterocycles. The van der Waals surface area contributed by atoms with Crippen molar-refractivity contribution in [2.24, 2.45) is 35.5 Å². The van der Waals surface area contributed by atoms with Crippen LogP contribution in [-0.2, 0) is 17.6 Å². The minimum Gasteiger partial charge on any atom is 1.00 e. The fourth-order valence-electron chi connectivity index (χ4n) is 13.7. The van der Waals surface area contributed by atoms with Crippen LogP contribution in [0.5, 0.6) is 0 Å². The molecule has 4 saturated carbocycles. The van der Waals surface area contributed by atoms with Crippen LogP contribution in [0.3, 0.4) is 0 Å². The number of benzene rings is 5. The summed E-state index contributed by atoms with van der Waals surface area (Å²) in [4.78, 5) is 10.9. The number of carbonyl (C=O) groups excluding carboxylic acids is 1. The summed E-state index contributed by atoms with van der Waals surface area (Å²) in [6.07, 6.45) is 41.9. The Morgan fingerprint density at radius 3 is 1.05 bits per heavy atom. The van der Waals surface area contributed by atoms with Gasteiger partial charge in [0, 0.05) is 5.92 Å². The van der Waals surface area contributed by atoms with Gasteiger partial charge in [-0.25, -0.2) is 0 Å². The average molecular weight is 1200 g/mol. The van der Waals surface area contributed by atoms with E-state index in [4.69, 9.17) is 0 Å². The van der Waals surface area contributed by atoms with Crippen LogP contribution in [0.4, 0.5) is 0 Å². The second kappa shape index (κ2) is 36.9. The molecular formula is C76H109BrKO2P. The van der Waals surface area contributed by atoms with Crippen LogP contribution in [-0.4, -0.2) is 18.6 Å². The molecule has 0 radical (unpaired) electrons. The molecule has 9 rings (SSSR count). The number of unbranched alkanes of at least 4 members (excludes halogenated alkanes) is 4. The van der Waals surface area contributed by atoms with E-state index in [0.717, 1.165) is 54.6 Å². The van der Waals surface area contributed by atoms with E-state index in [2.05, 4.69) is 188 Å². The van der Waals surface area contributed by atoms with Crippen LogP contribution in [0.25, 0.3) is 0 Å². The first kappa shape index (κ1) is 69.8. The maximum atomic E-state index is 10.9. The van der Waals surface area contributed by atoms with Gasteiger partial charge in [0.2, 0.25) is 0 Å². The number of aryl methyl sites for hydroxylation is 2. The van der Waals surface area contributed by atoms with E-state index in [0.29, 0.717) is 11.8 Å². The molecule has 4 aliphatic rings. The molecule has 5 aromatic carbocycles. The van der Waals surface area contributed by atoms with E-state index < -0.39 is 10.9 Å². The quantitative estimate of drug-likeness (QED) is 0.0241. The van der Waals surface area contributed by atoms with Gasteiger partial charge in [-0.15, -0.1) is 12.2 Å². The molecule has 0 atom stereocenters. The Morgan fingerprint density at radius 2 is 0.765 bits per heavy atom. The zero-order valence-corrected chi connectivity index (χ0v) is 57.8. The van der Waals surface area contributed by atoms with Crippen LogP contribution >= 0.6 is 20.8 Å². The molecule has 5 aromatic rings. The SMILES string of the molecule is C=CC1CCC(c2ccc(CCC3CCC(CCCCC)CC3)cc2)CC1.CC(C)(C)[O-].CCCCCC1CCC(CCc2ccc(C3CCC(C=O)CC3)cc2)CC1.CP(Br)(c1ccccc1)(c1ccccc1)c1ccccc1.[K+]. The standard InChI is InChI=1S/C27H42.C26H40O.C19H18BrP.C4H9O.K/c1-3-5-6-7-23-8-10-24(11-9-23)12-13-25-16-20-27(21-17-25)26-18-14-22(4-2)15-19-26;1-2-3-4-5-21-6-8-22(9-7-21)10-11-23-12-16-25(17-13-23)26-18-14-24(20-27)15-19-26;1-21(20,17-11-5-2-6-12-17,18-13-7-3-8-14-18)19-15-9-4-10-16-19;1-4(2,3)5;/h4,16-17,20-24,26H,2-3,5-15,18-19H2,1H3;12-13,16-17,20-22,24,26H,2-11,14-15,18-19H2,1H3;2-16H,1H3;1-3H3;/q;;;-1;+1. The first-order chi connectivity index (χ1) is 38.7. The molecule has 4 aliphatic carbocycles. The summed E-state index contributed by atoms with van der Waals surface area (Å²) in [5.74, 6) is 6.58. The van der Waals surface area contributed by atoms with Crippen molar-refractivity contribution in [1.29, 1.82) is 0 Å². The number of hydrogen-bond donors (Lipinski definition) is 0. The molecule has 0 aromatic heterocycles. The largest absolute Gasteiger partial charge is 1.00 e. The number of rotatable bonds is 21. The topological polar surface area (TPSA) is 40.1 Å². The first-order valence-corrected chi connectivity index (χ1v) is 37.2. The van der Waals surface area contributed by atoms with Crippen molar-refractivity contribution in [2.45, 2.75) is 232 Å². The monoisotopic (exact) mass is 1200 g/mol. The van der Waals surface area contributed by atoms with Gasteiger partial charge >= 0.3 is 186 Å². The van der Waals surface area contributed by atoms with Crippen molar-refractivity contribution < 1.29 is 61.3 Å². The van der Waals surface area contributed by atoms with Gasteiger partial charge in [0.15, 0.2) is 0 Å². The van der Waals surface area contributed by atoms with Crippen LogP contribution in [0.1, 0.15) is 236 Å². The molecule has 4 fully saturated rings. The Balaban J connectivity index is 0.000000214. The molecule has 0 spiro atoms. The van der Waals surface area contributed by atoms with E-state index in [1.807, 2.05) is 0 Å². The third-order valence-corrected chi connectivity index (χ3v) is 27.4. The maximum Gasteiger partial charge on any atom is 1.00 e. The van der Waals surface area contributed by atoms with E-state index in [9.17, 15) is 9.90 Å². The van der Waals surface area contributed by atoms with Crippen LogP contribution in [0.2, 0.25) is 0 Å². The summed E-state index contributed by atoms with van der Waals surface area (Å²) < 4.78 is 0. The first-order valence-electron chi connectivity index (χ1n) is 32.5. The van der Waals surface area contributed by atoms with Gasteiger partial charge in [-0.2, -0.15) is 0 Å². The minimum atomic E-state index is -2.56. The zero-order chi connectivity index (χ0) is 57.1. The third kappa shape index (κ3) is 23.7. The number of hydrogen-bond acceptors (Lipinski definition) is 2. The second-order valence-electron chi connectivity index (χ2n) is 26.5. The van der Waals surface area contributed by atoms with Gasteiger partial charge in [0.1, 0.15) is 6.29 Å². The second-order valence-corrected chi connectivity index (χ2v) is 36.2. The summed E-state index contributed by atoms with van der Waals surface area (Å²) in [5.41, 5.74) is 5.40. The molecule has 0 saturated heterocycles. The Kier molecular flexibility index (Phi) is 31.8. The normalized spacial score (nSPS) is 23.4. The fraction of sp³-hybridized carbons (Fsp3) is 0.566. The van der Waals surface area contributed by atoms with Crippen molar-refractivity contribution in [3.05, 3.63) is 174 Å². The Bertz CT molecular complexity index is 2210. The van der Waals surface area contributed by atoms with Crippen molar-refractivity contribution in [2.75, 3.05) is 6.66 Å². The van der Waals surface area contributed by atoms with E-state index in [-0.39, 0.29) is 51.4 Å². The minimum absolute atomic E-state index is 0. The van der Waals surface area contributed by atoms with Crippen LogP contribution in [0.15, 0.2) is 152 Å². The predicted molar refractivity (Wildman–Crippen MR) is 354 cm³/mol. The summed E-state index contributed by atoms with van der Waals surface area (Å²) in [7, 11) is 0. The Labute approximate surface area is 547 Å². The van der Waals surface area contributed by atoms with Gasteiger partial charge in [-0.05, 0) is 141 Å². The molecule has 438 valence electrons. The van der Waals surface area contributed by atoms with E-state index in [1.54, 1.807) is 31.9 Å². The molecule has 81 heavy (non-hydrogen) atoms. The third-order valence-electron chi connectivity index (χ3n) is 19.1. The summed E-state index contributed by atoms with van der Waals surface area (Å²) >= 11 is 4.24. The van der Waals surface area contributed by atoms with Gasteiger partial charge in [0.05, 0.1) is 0 Å². The van der Waals surface area contributed by atoms with Crippen LogP contribution < -0.4 is 72.4 Å². The van der Waals surface area contributed by atoms with Gasteiger partial charge in [0.25, 0.3) is 0 Å². The number of aldehydes is 1. The van der Waals surface area contributed by atoms with Crippen molar-refractivity contribution in [3.8, 4) is 0 Å². The summed E-state index contributed by atoms with van der Waals surface area (Å²) in [6, 6.07) is 51.5. The molecule has 0 N–H and O–H groups in total. The molecule has 2 nitrogen and oxygen atoms in total. The van der Waals surface area contributed by atoms with Crippen molar-refractivity contribution in [1.82, 2.24) is 0 Å². The molecule has 0 amide bonds. The molecular weight excluding hydrogens is 1090 g/mol. The predicted octanol–water partition coefficient (Wildman–Crippen LogP) is 17.5. The van der Waals surface area contributed by atoms with E-state index >= 15 is 0 Å². The number of carbonyl (C=O) groups is 1. The molecule has 5 heteroatoms. The molecule has 0 heterocycles. The Morgan fingerprint density at radius 1 is 0.469 bits per heavy atom. The maximum absolute atomic E-state index is 10.9. The van der Waals surface area contributed by atoms with E-state index in [1.165, 1.54) is 194 Å². The van der Waals surface area contributed by atoms with Crippen molar-refractivity contribution in [3.63, 3.8) is 0 Å². The van der Waals surface area contributed by atoms with Crippen LogP contribution in [0, 0.1) is 35.5 Å². The van der Waals surface area contributed by atoms with Crippen molar-refractivity contribution >= 4 is 43.0 Å². The number of allylic oxidation sites excluding steroid dienone is 1. The number of halogens is 1. The van der Waals surface area contributed by atoms with Gasteiger partial charge in [-0.1, -0.05) is 192 Å². The fourth-order valence-corrected chi connectivity index (χ4v) is 19.4. The Hall–Kier alpha value is -1.98.